The van der Waals surface area contributed by atoms with E-state index in [-0.39, 0.29) is 36.1 Å². The quantitative estimate of drug-likeness (QED) is 0.344. The molecule has 224 valence electrons. The number of piperidine rings is 1. The van der Waals surface area contributed by atoms with Gasteiger partial charge in [0.05, 0.1) is 5.56 Å². The van der Waals surface area contributed by atoms with Crippen molar-refractivity contribution < 1.29 is 23.9 Å². The van der Waals surface area contributed by atoms with E-state index in [4.69, 9.17) is 20.9 Å². The highest BCUT2D eigenvalue weighted by atomic mass is 16.6. The normalized spacial score (nSPS) is 15.2. The molecule has 1 aliphatic heterocycles. The topological polar surface area (TPSA) is 183 Å². The Hall–Kier alpha value is -4.09. The van der Waals surface area contributed by atoms with Crippen LogP contribution in [0.5, 0.6) is 0 Å². The predicted octanol–water partition coefficient (Wildman–Crippen LogP) is 2.88. The third-order valence-electron chi connectivity index (χ3n) is 6.45. The summed E-state index contributed by atoms with van der Waals surface area (Å²) in [5, 5.41) is 2.72. The fraction of sp³-hybridized carbons (Fsp3) is 0.552. The summed E-state index contributed by atoms with van der Waals surface area (Å²) in [6, 6.07) is 6.02. The van der Waals surface area contributed by atoms with Gasteiger partial charge in [-0.3, -0.25) is 19.4 Å². The number of amides is 1. The first kappa shape index (κ1) is 31.4. The SMILES string of the molecule is CC(C)(C)OC(=O)CCC(NC(=O)c1ccc(N2CCC(c3c(N)nc(N)[nH]c3=O)CC2)cc1)C(=O)OC(C)(C)C. The van der Waals surface area contributed by atoms with E-state index in [1.165, 1.54) is 0 Å². The van der Waals surface area contributed by atoms with Crippen LogP contribution in [-0.4, -0.2) is 58.1 Å². The first-order chi connectivity index (χ1) is 19.0. The largest absolute Gasteiger partial charge is 0.460 e. The average Bonchev–Trinajstić information content (AvgIpc) is 2.84. The molecule has 12 nitrogen and oxygen atoms in total. The predicted molar refractivity (Wildman–Crippen MR) is 156 cm³/mol. The highest BCUT2D eigenvalue weighted by Crippen LogP contribution is 2.31. The molecule has 2 aromatic rings. The molecule has 41 heavy (non-hydrogen) atoms. The molecule has 6 N–H and O–H groups in total. The zero-order chi connectivity index (χ0) is 30.5. The number of anilines is 3. The van der Waals surface area contributed by atoms with Crippen LogP contribution < -0.4 is 27.2 Å². The van der Waals surface area contributed by atoms with Crippen LogP contribution in [0.1, 0.15) is 89.1 Å². The Balaban J connectivity index is 1.63. The van der Waals surface area contributed by atoms with Gasteiger partial charge in [-0.05, 0) is 91.0 Å². The number of ether oxygens (including phenoxy) is 2. The van der Waals surface area contributed by atoms with Gasteiger partial charge in [-0.15, -0.1) is 0 Å². The molecule has 0 saturated carbocycles. The summed E-state index contributed by atoms with van der Waals surface area (Å²) in [5.41, 5.74) is 11.6. The molecule has 2 heterocycles. The summed E-state index contributed by atoms with van der Waals surface area (Å²) < 4.78 is 10.8. The van der Waals surface area contributed by atoms with Crippen LogP contribution in [0.15, 0.2) is 29.1 Å². The van der Waals surface area contributed by atoms with E-state index in [1.807, 2.05) is 12.1 Å². The number of esters is 2. The lowest BCUT2D eigenvalue weighted by Crippen LogP contribution is -2.44. The van der Waals surface area contributed by atoms with Crippen LogP contribution in [0, 0.1) is 0 Å². The number of aromatic nitrogens is 2. The number of aromatic amines is 1. The maximum absolute atomic E-state index is 13.1. The van der Waals surface area contributed by atoms with Crippen molar-refractivity contribution in [2.24, 2.45) is 0 Å². The summed E-state index contributed by atoms with van der Waals surface area (Å²) in [6.07, 6.45) is 1.40. The smallest absolute Gasteiger partial charge is 0.329 e. The molecular weight excluding hydrogens is 528 g/mol. The molecule has 1 fully saturated rings. The Morgan fingerprint density at radius 3 is 2.15 bits per heavy atom. The van der Waals surface area contributed by atoms with Crippen molar-refractivity contribution in [1.29, 1.82) is 0 Å². The Kier molecular flexibility index (Phi) is 9.67. The third kappa shape index (κ3) is 9.22. The number of rotatable bonds is 8. The van der Waals surface area contributed by atoms with Crippen LogP contribution in [0.4, 0.5) is 17.5 Å². The lowest BCUT2D eigenvalue weighted by molar-refractivity contribution is -0.158. The minimum Gasteiger partial charge on any atom is -0.460 e. The first-order valence-electron chi connectivity index (χ1n) is 13.8. The van der Waals surface area contributed by atoms with Gasteiger partial charge in [0.25, 0.3) is 11.5 Å². The van der Waals surface area contributed by atoms with Crippen LogP contribution >= 0.6 is 0 Å². The van der Waals surface area contributed by atoms with Gasteiger partial charge in [0, 0.05) is 30.8 Å². The van der Waals surface area contributed by atoms with Crippen LogP contribution in [0.3, 0.4) is 0 Å². The summed E-state index contributed by atoms with van der Waals surface area (Å²) in [5.74, 6) is -1.41. The fourth-order valence-electron chi connectivity index (χ4n) is 4.68. The number of benzene rings is 1. The Labute approximate surface area is 240 Å². The van der Waals surface area contributed by atoms with Crippen molar-refractivity contribution in [3.63, 3.8) is 0 Å². The molecule has 1 saturated heterocycles. The van der Waals surface area contributed by atoms with Crippen LogP contribution in [-0.2, 0) is 19.1 Å². The molecule has 1 aromatic carbocycles. The number of H-pyrrole nitrogens is 1. The lowest BCUT2D eigenvalue weighted by atomic mass is 9.90. The molecule has 0 aliphatic carbocycles. The molecular formula is C29H42N6O6. The van der Waals surface area contributed by atoms with E-state index in [0.717, 1.165) is 5.69 Å². The van der Waals surface area contributed by atoms with Gasteiger partial charge in [-0.2, -0.15) is 4.98 Å². The van der Waals surface area contributed by atoms with Gasteiger partial charge in [0.15, 0.2) is 0 Å². The number of carbonyl (C=O) groups is 3. The van der Waals surface area contributed by atoms with Crippen molar-refractivity contribution in [3.8, 4) is 0 Å². The van der Waals surface area contributed by atoms with E-state index in [1.54, 1.807) is 53.7 Å². The van der Waals surface area contributed by atoms with Gasteiger partial charge in [-0.25, -0.2) is 4.79 Å². The van der Waals surface area contributed by atoms with E-state index >= 15 is 0 Å². The molecule has 1 amide bonds. The van der Waals surface area contributed by atoms with Crippen LogP contribution in [0.25, 0.3) is 0 Å². The number of hydrogen-bond donors (Lipinski definition) is 4. The zero-order valence-corrected chi connectivity index (χ0v) is 24.7. The maximum Gasteiger partial charge on any atom is 0.329 e. The van der Waals surface area contributed by atoms with Gasteiger partial charge in [0.1, 0.15) is 23.1 Å². The molecule has 12 heteroatoms. The second-order valence-corrected chi connectivity index (χ2v) is 12.2. The van der Waals surface area contributed by atoms with E-state index in [9.17, 15) is 19.2 Å². The molecule has 1 unspecified atom stereocenters. The van der Waals surface area contributed by atoms with Gasteiger partial charge >= 0.3 is 11.9 Å². The molecule has 0 bridgehead atoms. The van der Waals surface area contributed by atoms with Crippen molar-refractivity contribution in [2.75, 3.05) is 29.5 Å². The van der Waals surface area contributed by atoms with Crippen molar-refractivity contribution >= 4 is 35.3 Å². The zero-order valence-electron chi connectivity index (χ0n) is 24.7. The standard InChI is InChI=1S/C29H42N6O6/c1-28(2,3)40-21(36)12-11-20(26(39)41-29(4,5)6)32-24(37)18-7-9-19(10-8-18)35-15-13-17(14-16-35)22-23(30)33-27(31)34-25(22)38/h7-10,17,20H,11-16H2,1-6H3,(H,32,37)(H5,30,31,33,34,38). The highest BCUT2D eigenvalue weighted by Gasteiger charge is 2.29. The summed E-state index contributed by atoms with van der Waals surface area (Å²) in [6.45, 7) is 11.9. The van der Waals surface area contributed by atoms with E-state index < -0.39 is 35.1 Å². The highest BCUT2D eigenvalue weighted by molar-refractivity contribution is 5.97. The summed E-state index contributed by atoms with van der Waals surface area (Å²) in [7, 11) is 0. The maximum atomic E-state index is 13.1. The van der Waals surface area contributed by atoms with Crippen molar-refractivity contribution in [1.82, 2.24) is 15.3 Å². The minimum atomic E-state index is -1.02. The van der Waals surface area contributed by atoms with E-state index in [0.29, 0.717) is 37.1 Å². The average molecular weight is 571 g/mol. The Morgan fingerprint density at radius 1 is 1.02 bits per heavy atom. The number of nitrogens with zero attached hydrogens (tertiary/aromatic N) is 2. The van der Waals surface area contributed by atoms with Gasteiger partial charge < -0.3 is 31.2 Å². The lowest BCUT2D eigenvalue weighted by Gasteiger charge is -2.33. The number of hydrogen-bond acceptors (Lipinski definition) is 10. The molecule has 0 spiro atoms. The van der Waals surface area contributed by atoms with Gasteiger partial charge in [0.2, 0.25) is 5.95 Å². The van der Waals surface area contributed by atoms with Crippen molar-refractivity contribution in [3.05, 3.63) is 45.7 Å². The van der Waals surface area contributed by atoms with Crippen LogP contribution in [0.2, 0.25) is 0 Å². The molecule has 0 radical (unpaired) electrons. The number of nitrogens with one attached hydrogen (secondary N) is 2. The molecule has 1 atom stereocenters. The van der Waals surface area contributed by atoms with Gasteiger partial charge in [-0.1, -0.05) is 0 Å². The minimum absolute atomic E-state index is 0.00160. The van der Waals surface area contributed by atoms with E-state index in [2.05, 4.69) is 20.2 Å². The molecule has 3 rings (SSSR count). The Morgan fingerprint density at radius 2 is 1.61 bits per heavy atom. The second-order valence-electron chi connectivity index (χ2n) is 12.2. The van der Waals surface area contributed by atoms with Crippen molar-refractivity contribution in [2.45, 2.75) is 90.4 Å². The Bertz CT molecular complexity index is 1300. The summed E-state index contributed by atoms with van der Waals surface area (Å²) >= 11 is 0. The fourth-order valence-corrected chi connectivity index (χ4v) is 4.68. The molecule has 1 aliphatic rings. The number of nitrogens with two attached hydrogens (primary N) is 2. The summed E-state index contributed by atoms with van der Waals surface area (Å²) in [4.78, 5) is 59.2. The molecule has 1 aromatic heterocycles. The third-order valence-corrected chi connectivity index (χ3v) is 6.45. The first-order valence-corrected chi connectivity index (χ1v) is 13.8. The second kappa shape index (κ2) is 12.6. The monoisotopic (exact) mass is 570 g/mol. The number of carbonyl (C=O) groups excluding carboxylic acids is 3. The number of nitrogen functional groups attached to an aromatic ring is 2.